The Bertz CT molecular complexity index is 874. The summed E-state index contributed by atoms with van der Waals surface area (Å²) in [5.41, 5.74) is 1.18. The molecule has 0 atom stereocenters. The maximum atomic E-state index is 14.1. The Morgan fingerprint density at radius 3 is 2.88 bits per heavy atom. The molecule has 3 aromatic rings. The highest BCUT2D eigenvalue weighted by molar-refractivity contribution is 14.1. The summed E-state index contributed by atoms with van der Waals surface area (Å²) in [5, 5.41) is 11.7. The van der Waals surface area contributed by atoms with Crippen molar-refractivity contribution >= 4 is 45.1 Å². The van der Waals surface area contributed by atoms with Crippen LogP contribution < -0.4 is 10.6 Å². The van der Waals surface area contributed by atoms with Gasteiger partial charge in [-0.05, 0) is 66.7 Å². The topological polar surface area (TPSA) is 67.7 Å². The number of anilines is 2. The largest absolute Gasteiger partial charge is 0.337 e. The fourth-order valence-electron chi connectivity index (χ4n) is 3.00. The summed E-state index contributed by atoms with van der Waals surface area (Å²) < 4.78 is 16.9. The minimum absolute atomic E-state index is 0.306. The number of piperidine rings is 1. The van der Waals surface area contributed by atoms with Crippen molar-refractivity contribution in [1.82, 2.24) is 25.1 Å². The molecule has 0 bridgehead atoms. The average Bonchev–Trinajstić information content (AvgIpc) is 3.03. The SMILES string of the molecule is Fc1cc(I)ccc1Nc1ncnc2c1cnn2C1CCNCC1. The lowest BCUT2D eigenvalue weighted by Gasteiger charge is -2.23. The van der Waals surface area contributed by atoms with Crippen LogP contribution in [-0.4, -0.2) is 32.8 Å². The number of benzene rings is 1. The molecule has 0 unspecified atom stereocenters. The van der Waals surface area contributed by atoms with Crippen LogP contribution >= 0.6 is 22.6 Å². The van der Waals surface area contributed by atoms with Crippen LogP contribution in [0, 0.1) is 9.39 Å². The third-order valence-corrected chi connectivity index (χ3v) is 4.90. The van der Waals surface area contributed by atoms with Crippen LogP contribution in [0.1, 0.15) is 18.9 Å². The second-order valence-corrected chi connectivity index (χ2v) is 7.02. The van der Waals surface area contributed by atoms with E-state index in [1.807, 2.05) is 10.7 Å². The van der Waals surface area contributed by atoms with E-state index in [0.29, 0.717) is 17.5 Å². The summed E-state index contributed by atoms with van der Waals surface area (Å²) in [6.45, 7) is 1.96. The predicted octanol–water partition coefficient (Wildman–Crippen LogP) is 3.24. The van der Waals surface area contributed by atoms with E-state index in [2.05, 4.69) is 48.3 Å². The number of hydrogen-bond acceptors (Lipinski definition) is 5. The second kappa shape index (κ2) is 6.60. The second-order valence-electron chi connectivity index (χ2n) is 5.78. The average molecular weight is 438 g/mol. The van der Waals surface area contributed by atoms with Gasteiger partial charge in [0.05, 0.1) is 23.3 Å². The van der Waals surface area contributed by atoms with E-state index in [4.69, 9.17) is 0 Å². The number of nitrogens with zero attached hydrogens (tertiary/aromatic N) is 4. The zero-order chi connectivity index (χ0) is 16.5. The van der Waals surface area contributed by atoms with Crippen molar-refractivity contribution in [2.45, 2.75) is 18.9 Å². The van der Waals surface area contributed by atoms with E-state index in [1.54, 1.807) is 12.3 Å². The van der Waals surface area contributed by atoms with Crippen LogP contribution in [0.3, 0.4) is 0 Å². The van der Waals surface area contributed by atoms with Gasteiger partial charge in [-0.15, -0.1) is 0 Å². The molecule has 2 N–H and O–H groups in total. The molecule has 0 spiro atoms. The lowest BCUT2D eigenvalue weighted by atomic mass is 10.1. The van der Waals surface area contributed by atoms with Crippen molar-refractivity contribution in [1.29, 1.82) is 0 Å². The van der Waals surface area contributed by atoms with Gasteiger partial charge >= 0.3 is 0 Å². The highest BCUT2D eigenvalue weighted by atomic mass is 127. The van der Waals surface area contributed by atoms with E-state index in [0.717, 1.165) is 40.5 Å². The first kappa shape index (κ1) is 15.7. The zero-order valence-corrected chi connectivity index (χ0v) is 15.0. The molecule has 1 fully saturated rings. The van der Waals surface area contributed by atoms with Crippen LogP contribution in [-0.2, 0) is 0 Å². The predicted molar refractivity (Wildman–Crippen MR) is 98.9 cm³/mol. The van der Waals surface area contributed by atoms with Gasteiger partial charge in [0.2, 0.25) is 0 Å². The summed E-state index contributed by atoms with van der Waals surface area (Å²) in [6, 6.07) is 5.38. The van der Waals surface area contributed by atoms with Crippen molar-refractivity contribution in [3.8, 4) is 0 Å². The molecule has 0 radical (unpaired) electrons. The van der Waals surface area contributed by atoms with Gasteiger partial charge in [-0.1, -0.05) is 0 Å². The Balaban J connectivity index is 1.70. The minimum Gasteiger partial charge on any atom is -0.337 e. The molecule has 6 nitrogen and oxygen atoms in total. The molecule has 1 aromatic carbocycles. The molecule has 1 aliphatic rings. The summed E-state index contributed by atoms with van der Waals surface area (Å²) in [7, 11) is 0. The third-order valence-electron chi connectivity index (χ3n) is 4.23. The Morgan fingerprint density at radius 2 is 2.08 bits per heavy atom. The number of fused-ring (bicyclic) bond motifs is 1. The highest BCUT2D eigenvalue weighted by Crippen LogP contribution is 2.28. The van der Waals surface area contributed by atoms with E-state index >= 15 is 0 Å². The van der Waals surface area contributed by atoms with Gasteiger partial charge in [-0.2, -0.15) is 5.10 Å². The Hall–Kier alpha value is -1.81. The molecule has 1 aliphatic heterocycles. The molecular formula is C16H16FIN6. The standard InChI is InChI=1S/C16H16FIN6/c17-13-7-10(18)1-2-14(13)23-15-12-8-22-24(16(12)21-9-20-15)11-3-5-19-6-4-11/h1-2,7-9,11,19H,3-6H2,(H,20,21,23). The number of nitrogens with one attached hydrogen (secondary N) is 2. The summed E-state index contributed by atoms with van der Waals surface area (Å²) in [4.78, 5) is 8.66. The first-order chi connectivity index (χ1) is 11.7. The van der Waals surface area contributed by atoms with Crippen LogP contribution in [0.15, 0.2) is 30.7 Å². The Morgan fingerprint density at radius 1 is 1.25 bits per heavy atom. The molecule has 4 rings (SSSR count). The third kappa shape index (κ3) is 2.95. The summed E-state index contributed by atoms with van der Waals surface area (Å²) in [6.07, 6.45) is 5.30. The van der Waals surface area contributed by atoms with Gasteiger partial charge in [0.1, 0.15) is 18.0 Å². The van der Waals surface area contributed by atoms with Gasteiger partial charge < -0.3 is 10.6 Å². The molecule has 3 heterocycles. The van der Waals surface area contributed by atoms with Gasteiger partial charge in [0, 0.05) is 3.57 Å². The molecule has 2 aromatic heterocycles. The van der Waals surface area contributed by atoms with E-state index in [1.165, 1.54) is 12.4 Å². The molecule has 24 heavy (non-hydrogen) atoms. The first-order valence-corrected chi connectivity index (χ1v) is 8.91. The maximum absolute atomic E-state index is 14.1. The molecule has 124 valence electrons. The minimum atomic E-state index is -0.306. The van der Waals surface area contributed by atoms with Crippen LogP contribution in [0.4, 0.5) is 15.9 Å². The van der Waals surface area contributed by atoms with Gasteiger partial charge in [0.15, 0.2) is 5.65 Å². The fourth-order valence-corrected chi connectivity index (χ4v) is 3.45. The maximum Gasteiger partial charge on any atom is 0.163 e. The van der Waals surface area contributed by atoms with Crippen LogP contribution in [0.25, 0.3) is 11.0 Å². The van der Waals surface area contributed by atoms with Gasteiger partial charge in [-0.25, -0.2) is 19.0 Å². The van der Waals surface area contributed by atoms with E-state index in [-0.39, 0.29) is 5.82 Å². The van der Waals surface area contributed by atoms with Crippen LogP contribution in [0.5, 0.6) is 0 Å². The molecule has 0 amide bonds. The van der Waals surface area contributed by atoms with Crippen molar-refractivity contribution in [2.24, 2.45) is 0 Å². The van der Waals surface area contributed by atoms with Gasteiger partial charge in [-0.3, -0.25) is 0 Å². The van der Waals surface area contributed by atoms with Crippen molar-refractivity contribution in [3.63, 3.8) is 0 Å². The normalized spacial score (nSPS) is 15.8. The van der Waals surface area contributed by atoms with Crippen molar-refractivity contribution in [3.05, 3.63) is 40.1 Å². The quantitative estimate of drug-likeness (QED) is 0.615. The van der Waals surface area contributed by atoms with Crippen LogP contribution in [0.2, 0.25) is 0 Å². The van der Waals surface area contributed by atoms with Crippen molar-refractivity contribution in [2.75, 3.05) is 18.4 Å². The number of rotatable bonds is 3. The monoisotopic (exact) mass is 438 g/mol. The molecule has 0 saturated carbocycles. The lowest BCUT2D eigenvalue weighted by Crippen LogP contribution is -2.29. The van der Waals surface area contributed by atoms with E-state index in [9.17, 15) is 4.39 Å². The highest BCUT2D eigenvalue weighted by Gasteiger charge is 2.20. The number of hydrogen-bond donors (Lipinski definition) is 2. The van der Waals surface area contributed by atoms with E-state index < -0.39 is 0 Å². The first-order valence-electron chi connectivity index (χ1n) is 7.83. The fraction of sp³-hybridized carbons (Fsp3) is 0.312. The number of aromatic nitrogens is 4. The molecule has 8 heteroatoms. The molecule has 0 aliphatic carbocycles. The number of halogens is 2. The lowest BCUT2D eigenvalue weighted by molar-refractivity contribution is 0.349. The summed E-state index contributed by atoms with van der Waals surface area (Å²) in [5.74, 6) is 0.264. The Kier molecular flexibility index (Phi) is 4.31. The van der Waals surface area contributed by atoms with Crippen molar-refractivity contribution < 1.29 is 4.39 Å². The Labute approximate surface area is 152 Å². The zero-order valence-electron chi connectivity index (χ0n) is 12.8. The molecular weight excluding hydrogens is 422 g/mol. The molecule has 1 saturated heterocycles. The van der Waals surface area contributed by atoms with Gasteiger partial charge in [0.25, 0.3) is 0 Å². The summed E-state index contributed by atoms with van der Waals surface area (Å²) >= 11 is 2.08. The smallest absolute Gasteiger partial charge is 0.163 e.